The summed E-state index contributed by atoms with van der Waals surface area (Å²) in [4.78, 5) is 39.7. The highest BCUT2D eigenvalue weighted by Gasteiger charge is 2.33. The van der Waals surface area contributed by atoms with Crippen molar-refractivity contribution in [2.75, 3.05) is 20.2 Å². The molecule has 4 aromatic heterocycles. The van der Waals surface area contributed by atoms with Gasteiger partial charge in [-0.05, 0) is 160 Å². The zero-order valence-electron chi connectivity index (χ0n) is 37.0. The lowest BCUT2D eigenvalue weighted by molar-refractivity contribution is -0.274. The summed E-state index contributed by atoms with van der Waals surface area (Å²) in [5.41, 5.74) is 9.13. The Bertz CT molecular complexity index is 2630. The van der Waals surface area contributed by atoms with Crippen LogP contribution in [0.1, 0.15) is 112 Å². The summed E-state index contributed by atoms with van der Waals surface area (Å²) < 4.78 is 51.8. The number of carbonyl (C=O) groups excluding carboxylic acids is 2. The predicted molar refractivity (Wildman–Crippen MR) is 250 cm³/mol. The molecule has 0 radical (unpaired) electrons. The van der Waals surface area contributed by atoms with Crippen LogP contribution in [0, 0.1) is 25.7 Å². The largest absolute Gasteiger partial charge is 0.573 e. The van der Waals surface area contributed by atoms with Crippen molar-refractivity contribution < 1.29 is 32.2 Å². The SMILES string of the molecule is COc1ccccc1-c1c(C(=O)NCC2CCC(c3ccncc3C)CC2)cc(C)n1Cc1cc(C2CCC(CNC(=O)c3cc(P)[nH]c3-c3ccccc3OC(F)(F)F)CC2)ccn1. The van der Waals surface area contributed by atoms with Crippen molar-refractivity contribution in [1.29, 1.82) is 0 Å². The number of halogens is 3. The highest BCUT2D eigenvalue weighted by Crippen LogP contribution is 2.40. The molecule has 340 valence electrons. The van der Waals surface area contributed by atoms with E-state index in [1.54, 1.807) is 19.2 Å². The van der Waals surface area contributed by atoms with E-state index in [0.29, 0.717) is 54.1 Å². The van der Waals surface area contributed by atoms with E-state index in [9.17, 15) is 22.8 Å². The van der Waals surface area contributed by atoms with Crippen molar-refractivity contribution in [1.82, 2.24) is 30.2 Å². The van der Waals surface area contributed by atoms with Crippen molar-refractivity contribution in [3.05, 3.63) is 137 Å². The molecule has 1 atom stereocenters. The Morgan fingerprint density at radius 2 is 1.42 bits per heavy atom. The van der Waals surface area contributed by atoms with Gasteiger partial charge in [-0.25, -0.2) is 0 Å². The smallest absolute Gasteiger partial charge is 0.496 e. The fourth-order valence-electron chi connectivity index (χ4n) is 9.92. The second-order valence-electron chi connectivity index (χ2n) is 17.6. The maximum atomic E-state index is 14.1. The van der Waals surface area contributed by atoms with E-state index in [0.717, 1.165) is 74.0 Å². The first kappa shape index (κ1) is 45.6. The molecule has 65 heavy (non-hydrogen) atoms. The summed E-state index contributed by atoms with van der Waals surface area (Å²) in [7, 11) is 4.11. The van der Waals surface area contributed by atoms with Crippen LogP contribution >= 0.6 is 9.24 Å². The molecule has 2 amide bonds. The first-order valence-electron chi connectivity index (χ1n) is 22.4. The predicted octanol–water partition coefficient (Wildman–Crippen LogP) is 10.4. The highest BCUT2D eigenvalue weighted by atomic mass is 31.0. The van der Waals surface area contributed by atoms with E-state index in [2.05, 4.69) is 64.3 Å². The molecule has 2 aliphatic carbocycles. The Kier molecular flexibility index (Phi) is 14.1. The zero-order chi connectivity index (χ0) is 45.7. The Hall–Kier alpha value is -5.94. The van der Waals surface area contributed by atoms with Gasteiger partial charge in [0.2, 0.25) is 0 Å². The molecule has 0 bridgehead atoms. The number of aromatic nitrogens is 4. The number of methoxy groups -OCH3 is 1. The summed E-state index contributed by atoms with van der Waals surface area (Å²) in [6.07, 6.45) is 8.81. The van der Waals surface area contributed by atoms with Gasteiger partial charge in [0.1, 0.15) is 11.5 Å². The van der Waals surface area contributed by atoms with E-state index in [4.69, 9.17) is 9.72 Å². The number of hydrogen-bond acceptors (Lipinski definition) is 6. The van der Waals surface area contributed by atoms with E-state index in [1.807, 2.05) is 55.8 Å². The van der Waals surface area contributed by atoms with Crippen molar-refractivity contribution >= 4 is 26.5 Å². The van der Waals surface area contributed by atoms with Crippen LogP contribution in [0.2, 0.25) is 0 Å². The fourth-order valence-corrected chi connectivity index (χ4v) is 10.2. The molecule has 3 N–H and O–H groups in total. The second-order valence-corrected chi connectivity index (χ2v) is 18.2. The lowest BCUT2D eigenvalue weighted by Crippen LogP contribution is -2.31. The summed E-state index contributed by atoms with van der Waals surface area (Å²) in [5, 5.41) is 6.34. The molecule has 0 aliphatic heterocycles. The number of aryl methyl sites for hydroxylation is 2. The monoisotopic (exact) mass is 904 g/mol. The van der Waals surface area contributed by atoms with Gasteiger partial charge in [0.15, 0.2) is 0 Å². The third kappa shape index (κ3) is 10.8. The van der Waals surface area contributed by atoms with Crippen LogP contribution < -0.4 is 25.5 Å². The van der Waals surface area contributed by atoms with Crippen LogP contribution in [0.25, 0.3) is 22.5 Å². The number of nitrogens with zero attached hydrogens (tertiary/aromatic N) is 3. The van der Waals surface area contributed by atoms with E-state index in [-0.39, 0.29) is 40.3 Å². The van der Waals surface area contributed by atoms with Crippen LogP contribution in [0.15, 0.2) is 97.5 Å². The lowest BCUT2D eigenvalue weighted by atomic mass is 9.78. The van der Waals surface area contributed by atoms with E-state index < -0.39 is 6.36 Å². The number of benzene rings is 2. The molecule has 6 aromatic rings. The van der Waals surface area contributed by atoms with Gasteiger partial charge in [-0.3, -0.25) is 19.6 Å². The van der Waals surface area contributed by atoms with Gasteiger partial charge in [-0.15, -0.1) is 13.2 Å². The maximum absolute atomic E-state index is 14.1. The number of amides is 2. The Balaban J connectivity index is 0.911. The lowest BCUT2D eigenvalue weighted by Gasteiger charge is -2.29. The number of para-hydroxylation sites is 2. The molecule has 8 rings (SSSR count). The summed E-state index contributed by atoms with van der Waals surface area (Å²) in [5.74, 6) is 1.34. The zero-order valence-corrected chi connectivity index (χ0v) is 38.2. The summed E-state index contributed by atoms with van der Waals surface area (Å²) in [6, 6.07) is 23.6. The first-order chi connectivity index (χ1) is 31.3. The standard InChI is InChI=1S/C51H56F3N6O4P/c1-31-27-55-22-21-39(31)36-18-14-34(15-19-36)29-58-50(62)43-24-32(2)60(48(43)41-9-5-6-10-44(41)63-3)30-38-25-37(20-23-56-38)35-16-12-33(13-17-35)28-57-49(61)42-26-46(65)59-47(42)40-8-4-7-11-45(40)64-51(52,53)54/h4-11,20-27,33-36,59H,12-19,28-30,65H2,1-3H3,(H,57,61)(H,58,62). The van der Waals surface area contributed by atoms with Gasteiger partial charge in [0, 0.05) is 53.9 Å². The molecular weight excluding hydrogens is 849 g/mol. The average Bonchev–Trinajstić information content (AvgIpc) is 3.86. The quantitative estimate of drug-likeness (QED) is 0.0936. The molecule has 2 saturated carbocycles. The number of hydrogen-bond donors (Lipinski definition) is 3. The number of H-pyrrole nitrogens is 1. The Morgan fingerprint density at radius 1 is 0.785 bits per heavy atom. The van der Waals surface area contributed by atoms with Gasteiger partial charge in [0.05, 0.1) is 41.9 Å². The average molecular weight is 905 g/mol. The van der Waals surface area contributed by atoms with Gasteiger partial charge in [-0.2, -0.15) is 0 Å². The maximum Gasteiger partial charge on any atom is 0.573 e. The number of nitrogens with one attached hydrogen (secondary N) is 3. The first-order valence-corrected chi connectivity index (χ1v) is 23.0. The number of aromatic amines is 1. The molecular formula is C51H56F3N6O4P. The molecule has 14 heteroatoms. The minimum absolute atomic E-state index is 0.0990. The molecule has 10 nitrogen and oxygen atoms in total. The van der Waals surface area contributed by atoms with Crippen molar-refractivity contribution in [3.63, 3.8) is 0 Å². The van der Waals surface area contributed by atoms with E-state index >= 15 is 0 Å². The minimum atomic E-state index is -4.88. The van der Waals surface area contributed by atoms with Gasteiger partial charge >= 0.3 is 6.36 Å². The Morgan fingerprint density at radius 3 is 2.08 bits per heavy atom. The van der Waals surface area contributed by atoms with Crippen molar-refractivity contribution in [3.8, 4) is 34.0 Å². The van der Waals surface area contributed by atoms with Crippen LogP contribution in [-0.2, 0) is 6.54 Å². The second kappa shape index (κ2) is 20.1. The molecule has 1 unspecified atom stereocenters. The van der Waals surface area contributed by atoms with Gasteiger partial charge < -0.3 is 29.7 Å². The number of carbonyl (C=O) groups is 2. The topological polar surface area (TPSA) is 123 Å². The Labute approximate surface area is 380 Å². The van der Waals surface area contributed by atoms with Gasteiger partial charge in [-0.1, -0.05) is 33.5 Å². The fraction of sp³-hybridized carbons (Fsp3) is 0.373. The molecule has 4 heterocycles. The molecule has 2 fully saturated rings. The summed E-state index contributed by atoms with van der Waals surface area (Å²) in [6.45, 7) is 5.70. The highest BCUT2D eigenvalue weighted by molar-refractivity contribution is 7.27. The summed E-state index contributed by atoms with van der Waals surface area (Å²) >= 11 is 0. The van der Waals surface area contributed by atoms with Crippen molar-refractivity contribution in [2.24, 2.45) is 11.8 Å². The molecule has 0 spiro atoms. The number of alkyl halides is 3. The minimum Gasteiger partial charge on any atom is -0.496 e. The molecule has 0 saturated heterocycles. The third-order valence-electron chi connectivity index (χ3n) is 13.3. The van der Waals surface area contributed by atoms with Crippen LogP contribution in [0.4, 0.5) is 13.2 Å². The van der Waals surface area contributed by atoms with Crippen LogP contribution in [0.3, 0.4) is 0 Å². The normalized spacial score (nSPS) is 18.8. The van der Waals surface area contributed by atoms with Crippen LogP contribution in [0.5, 0.6) is 11.5 Å². The number of rotatable bonds is 14. The molecule has 2 aromatic carbocycles. The van der Waals surface area contributed by atoms with E-state index in [1.165, 1.54) is 34.9 Å². The number of ether oxygens (including phenoxy) is 2. The van der Waals surface area contributed by atoms with Gasteiger partial charge in [0.25, 0.3) is 11.8 Å². The van der Waals surface area contributed by atoms with Crippen LogP contribution in [-0.4, -0.2) is 57.9 Å². The molecule has 2 aliphatic rings. The van der Waals surface area contributed by atoms with Crippen molar-refractivity contribution in [2.45, 2.75) is 90.0 Å². The number of pyridine rings is 2. The third-order valence-corrected chi connectivity index (χ3v) is 13.6.